The molecular formula is C15H23N3O3. The number of aryl methyl sites for hydroxylation is 1. The molecule has 6 heteroatoms. The van der Waals surface area contributed by atoms with Crippen molar-refractivity contribution in [1.82, 2.24) is 10.2 Å². The smallest absolute Gasteiger partial charge is 0.339 e. The van der Waals surface area contributed by atoms with Crippen LogP contribution in [0.1, 0.15) is 48.3 Å². The molecule has 116 valence electrons. The predicted octanol–water partition coefficient (Wildman–Crippen LogP) is 1.91. The highest BCUT2D eigenvalue weighted by molar-refractivity contribution is 5.95. The van der Waals surface area contributed by atoms with Crippen LogP contribution < -0.4 is 4.90 Å². The summed E-state index contributed by atoms with van der Waals surface area (Å²) >= 11 is 0. The number of likely N-dealkylation sites (N-methyl/N-ethyl adjacent to an activating group) is 1. The zero-order valence-corrected chi connectivity index (χ0v) is 12.9. The van der Waals surface area contributed by atoms with Gasteiger partial charge in [-0.2, -0.15) is 5.10 Å². The van der Waals surface area contributed by atoms with Crippen molar-refractivity contribution < 1.29 is 14.6 Å². The van der Waals surface area contributed by atoms with Gasteiger partial charge in [0.15, 0.2) is 5.82 Å². The molecule has 0 saturated carbocycles. The Kier molecular flexibility index (Phi) is 5.12. The van der Waals surface area contributed by atoms with Gasteiger partial charge in [0, 0.05) is 20.2 Å². The molecule has 0 amide bonds. The molecule has 2 heterocycles. The number of hydrogen-bond acceptors (Lipinski definition) is 5. The van der Waals surface area contributed by atoms with Crippen molar-refractivity contribution in [3.8, 4) is 0 Å². The first kappa shape index (κ1) is 15.7. The summed E-state index contributed by atoms with van der Waals surface area (Å²) in [6.45, 7) is 5.34. The van der Waals surface area contributed by atoms with Gasteiger partial charge in [0.05, 0.1) is 11.8 Å². The molecule has 0 aromatic carbocycles. The lowest BCUT2D eigenvalue weighted by molar-refractivity contribution is 0.0695. The van der Waals surface area contributed by atoms with E-state index in [-0.39, 0.29) is 11.7 Å². The van der Waals surface area contributed by atoms with E-state index in [0.717, 1.165) is 30.7 Å². The molecule has 0 aliphatic carbocycles. The summed E-state index contributed by atoms with van der Waals surface area (Å²) in [7, 11) is 1.85. The summed E-state index contributed by atoms with van der Waals surface area (Å²) in [5, 5.41) is 18.0. The first-order valence-electron chi connectivity index (χ1n) is 7.52. The molecule has 1 aliphatic rings. The highest BCUT2D eigenvalue weighted by atomic mass is 16.5. The Morgan fingerprint density at radius 2 is 2.14 bits per heavy atom. The molecule has 1 aromatic heterocycles. The Labute approximate surface area is 125 Å². The van der Waals surface area contributed by atoms with E-state index >= 15 is 0 Å². The van der Waals surface area contributed by atoms with Gasteiger partial charge in [-0.25, -0.2) is 4.79 Å². The topological polar surface area (TPSA) is 75.5 Å². The molecule has 21 heavy (non-hydrogen) atoms. The molecule has 1 aliphatic heterocycles. The molecule has 1 unspecified atom stereocenters. The number of carbonyl (C=O) groups is 1. The molecule has 0 radical (unpaired) electrons. The van der Waals surface area contributed by atoms with Crippen molar-refractivity contribution in [3.63, 3.8) is 0 Å². The van der Waals surface area contributed by atoms with Crippen molar-refractivity contribution in [2.45, 2.75) is 45.6 Å². The zero-order valence-electron chi connectivity index (χ0n) is 12.9. The standard InChI is InChI=1S/C15H23N3O3/c1-4-11-12(5-2)16-17-14(13(11)15(19)20)18(3)9-10-7-6-8-21-10/h10H,4-9H2,1-3H3,(H,19,20). The average Bonchev–Trinajstić information content (AvgIpc) is 2.98. The summed E-state index contributed by atoms with van der Waals surface area (Å²) < 4.78 is 5.61. The first-order valence-corrected chi connectivity index (χ1v) is 7.52. The number of anilines is 1. The number of carboxylic acid groups (broad SMARTS) is 1. The van der Waals surface area contributed by atoms with Crippen LogP contribution in [0, 0.1) is 0 Å². The summed E-state index contributed by atoms with van der Waals surface area (Å²) in [5.74, 6) is -0.502. The molecule has 1 N–H and O–H groups in total. The van der Waals surface area contributed by atoms with Gasteiger partial charge in [-0.05, 0) is 31.2 Å². The van der Waals surface area contributed by atoms with Crippen molar-refractivity contribution in [2.24, 2.45) is 0 Å². The Morgan fingerprint density at radius 3 is 2.67 bits per heavy atom. The lowest BCUT2D eigenvalue weighted by Crippen LogP contribution is -2.31. The molecule has 1 atom stereocenters. The van der Waals surface area contributed by atoms with Crippen LogP contribution in [-0.4, -0.2) is 47.6 Å². The highest BCUT2D eigenvalue weighted by Crippen LogP contribution is 2.24. The highest BCUT2D eigenvalue weighted by Gasteiger charge is 2.25. The summed E-state index contributed by atoms with van der Waals surface area (Å²) in [4.78, 5) is 13.5. The minimum absolute atomic E-state index is 0.148. The van der Waals surface area contributed by atoms with Gasteiger partial charge < -0.3 is 14.7 Å². The van der Waals surface area contributed by atoms with Crippen molar-refractivity contribution in [2.75, 3.05) is 25.1 Å². The van der Waals surface area contributed by atoms with Gasteiger partial charge in [-0.1, -0.05) is 13.8 Å². The number of carboxylic acids is 1. The summed E-state index contributed by atoms with van der Waals surface area (Å²) in [6, 6.07) is 0. The fourth-order valence-electron chi connectivity index (χ4n) is 2.83. The normalized spacial score (nSPS) is 18.0. The third-order valence-corrected chi connectivity index (χ3v) is 3.90. The van der Waals surface area contributed by atoms with Crippen molar-refractivity contribution in [1.29, 1.82) is 0 Å². The van der Waals surface area contributed by atoms with Gasteiger partial charge in [0.1, 0.15) is 5.56 Å². The number of rotatable bonds is 6. The van der Waals surface area contributed by atoms with Crippen LogP contribution in [0.3, 0.4) is 0 Å². The zero-order chi connectivity index (χ0) is 15.4. The van der Waals surface area contributed by atoms with Gasteiger partial charge in [0.2, 0.25) is 0 Å². The Hall–Kier alpha value is -1.69. The first-order chi connectivity index (χ1) is 10.1. The molecule has 1 fully saturated rings. The lowest BCUT2D eigenvalue weighted by Gasteiger charge is -2.24. The minimum Gasteiger partial charge on any atom is -0.478 e. The summed E-state index contributed by atoms with van der Waals surface area (Å²) in [5.41, 5.74) is 1.84. The van der Waals surface area contributed by atoms with Crippen LogP contribution in [-0.2, 0) is 17.6 Å². The Morgan fingerprint density at radius 1 is 1.38 bits per heavy atom. The van der Waals surface area contributed by atoms with Crippen LogP contribution in [0.15, 0.2) is 0 Å². The fourth-order valence-corrected chi connectivity index (χ4v) is 2.83. The minimum atomic E-state index is -0.939. The van der Waals surface area contributed by atoms with E-state index in [4.69, 9.17) is 4.74 Å². The molecule has 6 nitrogen and oxygen atoms in total. The van der Waals surface area contributed by atoms with Crippen LogP contribution in [0.25, 0.3) is 0 Å². The molecule has 1 saturated heterocycles. The van der Waals surface area contributed by atoms with E-state index in [0.29, 0.717) is 25.2 Å². The predicted molar refractivity (Wildman–Crippen MR) is 80.0 cm³/mol. The molecule has 2 rings (SSSR count). The largest absolute Gasteiger partial charge is 0.478 e. The number of aromatic nitrogens is 2. The van der Waals surface area contributed by atoms with Gasteiger partial charge in [-0.3, -0.25) is 0 Å². The Bertz CT molecular complexity index is 513. The van der Waals surface area contributed by atoms with Gasteiger partial charge in [-0.15, -0.1) is 5.10 Å². The lowest BCUT2D eigenvalue weighted by atomic mass is 10.0. The molecule has 0 spiro atoms. The van der Waals surface area contributed by atoms with E-state index in [9.17, 15) is 9.90 Å². The molecule has 1 aromatic rings. The van der Waals surface area contributed by atoms with Crippen molar-refractivity contribution >= 4 is 11.8 Å². The fraction of sp³-hybridized carbons (Fsp3) is 0.667. The number of aromatic carboxylic acids is 1. The maximum atomic E-state index is 11.7. The number of ether oxygens (including phenoxy) is 1. The second-order valence-electron chi connectivity index (χ2n) is 5.35. The maximum absolute atomic E-state index is 11.7. The second kappa shape index (κ2) is 6.85. The van der Waals surface area contributed by atoms with E-state index < -0.39 is 5.97 Å². The monoisotopic (exact) mass is 293 g/mol. The van der Waals surface area contributed by atoms with Crippen molar-refractivity contribution in [3.05, 3.63) is 16.8 Å². The van der Waals surface area contributed by atoms with Crippen LogP contribution >= 0.6 is 0 Å². The van der Waals surface area contributed by atoms with Crippen LogP contribution in [0.4, 0.5) is 5.82 Å². The second-order valence-corrected chi connectivity index (χ2v) is 5.35. The van der Waals surface area contributed by atoms with Crippen LogP contribution in [0.5, 0.6) is 0 Å². The molecule has 0 bridgehead atoms. The van der Waals surface area contributed by atoms with Crippen LogP contribution in [0.2, 0.25) is 0 Å². The number of hydrogen-bond donors (Lipinski definition) is 1. The van der Waals surface area contributed by atoms with E-state index in [1.54, 1.807) is 0 Å². The summed E-state index contributed by atoms with van der Waals surface area (Å²) in [6.07, 6.45) is 3.54. The number of nitrogens with zero attached hydrogens (tertiary/aromatic N) is 3. The van der Waals surface area contributed by atoms with Gasteiger partial charge >= 0.3 is 5.97 Å². The third kappa shape index (κ3) is 3.32. The van der Waals surface area contributed by atoms with E-state index in [1.807, 2.05) is 25.8 Å². The maximum Gasteiger partial charge on any atom is 0.339 e. The van der Waals surface area contributed by atoms with E-state index in [2.05, 4.69) is 10.2 Å². The Balaban J connectivity index is 2.35. The third-order valence-electron chi connectivity index (χ3n) is 3.90. The SMILES string of the molecule is CCc1nnc(N(C)CC2CCCO2)c(C(=O)O)c1CC. The van der Waals surface area contributed by atoms with E-state index in [1.165, 1.54) is 0 Å². The quantitative estimate of drug-likeness (QED) is 0.863. The molecular weight excluding hydrogens is 270 g/mol. The van der Waals surface area contributed by atoms with Gasteiger partial charge in [0.25, 0.3) is 0 Å². The average molecular weight is 293 g/mol.